The molecule has 15 heavy (non-hydrogen) atoms. The lowest BCUT2D eigenvalue weighted by Gasteiger charge is -2.09. The zero-order valence-corrected chi connectivity index (χ0v) is 8.30. The maximum Gasteiger partial charge on any atom is 0.279 e. The summed E-state index contributed by atoms with van der Waals surface area (Å²) in [6.07, 6.45) is -1.00. The molecule has 82 valence electrons. The summed E-state index contributed by atoms with van der Waals surface area (Å²) in [6, 6.07) is 2.21. The number of benzene rings is 1. The number of rotatable bonds is 3. The Morgan fingerprint density at radius 3 is 2.53 bits per heavy atom. The fraction of sp³-hybridized carbons (Fsp3) is 0.333. The molecule has 1 rings (SSSR count). The van der Waals surface area contributed by atoms with Crippen molar-refractivity contribution in [3.8, 4) is 11.5 Å². The van der Waals surface area contributed by atoms with E-state index < -0.39 is 11.0 Å². The lowest BCUT2D eigenvalue weighted by atomic mass is 10.1. The SMILES string of the molecule is COc1cc(C(C)O)c([N+](=O)[O-])cc1O. The molecule has 0 saturated heterocycles. The number of nitro benzene ring substituents is 1. The molecule has 6 heteroatoms. The Bertz CT molecular complexity index is 388. The van der Waals surface area contributed by atoms with E-state index in [0.29, 0.717) is 0 Å². The molecule has 1 aromatic carbocycles. The van der Waals surface area contributed by atoms with Crippen LogP contribution in [0.4, 0.5) is 5.69 Å². The molecule has 1 unspecified atom stereocenters. The number of hydrogen-bond acceptors (Lipinski definition) is 5. The third-order valence-electron chi connectivity index (χ3n) is 1.97. The number of methoxy groups -OCH3 is 1. The summed E-state index contributed by atoms with van der Waals surface area (Å²) >= 11 is 0. The highest BCUT2D eigenvalue weighted by atomic mass is 16.6. The zero-order valence-electron chi connectivity index (χ0n) is 8.30. The molecular formula is C9H11NO5. The summed E-state index contributed by atoms with van der Waals surface area (Å²) in [5.74, 6) is -0.231. The number of phenols is 1. The van der Waals surface area contributed by atoms with E-state index in [-0.39, 0.29) is 22.7 Å². The van der Waals surface area contributed by atoms with Crippen LogP contribution in [-0.2, 0) is 0 Å². The fourth-order valence-electron chi connectivity index (χ4n) is 1.23. The number of hydrogen-bond donors (Lipinski definition) is 2. The van der Waals surface area contributed by atoms with Gasteiger partial charge in [-0.25, -0.2) is 0 Å². The van der Waals surface area contributed by atoms with Crippen LogP contribution in [0.1, 0.15) is 18.6 Å². The van der Waals surface area contributed by atoms with E-state index in [1.54, 1.807) is 0 Å². The number of phenolic OH excluding ortho intramolecular Hbond substituents is 1. The predicted molar refractivity (Wildman–Crippen MR) is 51.9 cm³/mol. The molecule has 0 aromatic heterocycles. The number of nitrogens with zero attached hydrogens (tertiary/aromatic N) is 1. The average Bonchev–Trinajstić information content (AvgIpc) is 2.16. The van der Waals surface area contributed by atoms with Gasteiger partial charge in [0.05, 0.1) is 29.8 Å². The van der Waals surface area contributed by atoms with Crippen LogP contribution in [0.3, 0.4) is 0 Å². The highest BCUT2D eigenvalue weighted by Gasteiger charge is 2.21. The van der Waals surface area contributed by atoms with Crippen LogP contribution in [0, 0.1) is 10.1 Å². The summed E-state index contributed by atoms with van der Waals surface area (Å²) in [5.41, 5.74) is -0.224. The number of ether oxygens (including phenoxy) is 1. The lowest BCUT2D eigenvalue weighted by molar-refractivity contribution is -0.386. The van der Waals surface area contributed by atoms with Gasteiger partial charge in [-0.05, 0) is 13.0 Å². The quantitative estimate of drug-likeness (QED) is 0.584. The van der Waals surface area contributed by atoms with E-state index in [4.69, 9.17) is 4.74 Å². The number of aliphatic hydroxyl groups excluding tert-OH is 1. The van der Waals surface area contributed by atoms with Gasteiger partial charge in [0.2, 0.25) is 0 Å². The molecule has 2 N–H and O–H groups in total. The van der Waals surface area contributed by atoms with Crippen LogP contribution in [0.2, 0.25) is 0 Å². The second-order valence-corrected chi connectivity index (χ2v) is 3.02. The van der Waals surface area contributed by atoms with E-state index in [0.717, 1.165) is 6.07 Å². The smallest absolute Gasteiger partial charge is 0.279 e. The van der Waals surface area contributed by atoms with E-state index in [1.807, 2.05) is 0 Å². The summed E-state index contributed by atoms with van der Waals surface area (Å²) in [4.78, 5) is 9.96. The molecule has 6 nitrogen and oxygen atoms in total. The van der Waals surface area contributed by atoms with Gasteiger partial charge in [-0.1, -0.05) is 0 Å². The first-order chi connectivity index (χ1) is 6.97. The Morgan fingerprint density at radius 2 is 2.13 bits per heavy atom. The van der Waals surface area contributed by atoms with Crippen molar-refractivity contribution in [1.82, 2.24) is 0 Å². The van der Waals surface area contributed by atoms with Crippen LogP contribution < -0.4 is 4.74 Å². The second-order valence-electron chi connectivity index (χ2n) is 3.02. The molecule has 0 amide bonds. The molecule has 0 heterocycles. The Labute approximate surface area is 85.9 Å². The van der Waals surface area contributed by atoms with Gasteiger partial charge in [-0.15, -0.1) is 0 Å². The average molecular weight is 213 g/mol. The minimum absolute atomic E-state index is 0.0940. The van der Waals surface area contributed by atoms with Gasteiger partial charge in [0.25, 0.3) is 5.69 Å². The molecule has 0 saturated carbocycles. The second kappa shape index (κ2) is 4.14. The minimum Gasteiger partial charge on any atom is -0.504 e. The highest BCUT2D eigenvalue weighted by molar-refractivity contribution is 5.54. The predicted octanol–water partition coefficient (Wildman–Crippen LogP) is 1.36. The highest BCUT2D eigenvalue weighted by Crippen LogP contribution is 2.36. The van der Waals surface area contributed by atoms with Gasteiger partial charge in [0.1, 0.15) is 0 Å². The molecule has 0 aliphatic rings. The summed E-state index contributed by atoms with van der Waals surface area (Å²) in [7, 11) is 1.33. The van der Waals surface area contributed by atoms with Gasteiger partial charge >= 0.3 is 0 Å². The van der Waals surface area contributed by atoms with Crippen molar-refractivity contribution in [3.63, 3.8) is 0 Å². The van der Waals surface area contributed by atoms with E-state index in [9.17, 15) is 20.3 Å². The topological polar surface area (TPSA) is 92.8 Å². The van der Waals surface area contributed by atoms with E-state index >= 15 is 0 Å². The Morgan fingerprint density at radius 1 is 1.53 bits per heavy atom. The maximum absolute atomic E-state index is 10.6. The zero-order chi connectivity index (χ0) is 11.6. The number of nitro groups is 1. The third-order valence-corrected chi connectivity index (χ3v) is 1.97. The largest absolute Gasteiger partial charge is 0.504 e. The van der Waals surface area contributed by atoms with Crippen LogP contribution in [0.25, 0.3) is 0 Å². The fourth-order valence-corrected chi connectivity index (χ4v) is 1.23. The van der Waals surface area contributed by atoms with Gasteiger partial charge in [-0.3, -0.25) is 10.1 Å². The van der Waals surface area contributed by atoms with Gasteiger partial charge < -0.3 is 14.9 Å². The number of aromatic hydroxyl groups is 1. The van der Waals surface area contributed by atoms with Crippen LogP contribution in [0.5, 0.6) is 11.5 Å². The molecule has 0 radical (unpaired) electrons. The van der Waals surface area contributed by atoms with Gasteiger partial charge in [-0.2, -0.15) is 0 Å². The van der Waals surface area contributed by atoms with Crippen molar-refractivity contribution in [2.24, 2.45) is 0 Å². The molecule has 0 aliphatic heterocycles. The third kappa shape index (κ3) is 2.16. The van der Waals surface area contributed by atoms with Crippen molar-refractivity contribution >= 4 is 5.69 Å². The Balaban J connectivity index is 3.38. The Kier molecular flexibility index (Phi) is 3.11. The molecule has 0 aliphatic carbocycles. The van der Waals surface area contributed by atoms with Crippen LogP contribution >= 0.6 is 0 Å². The van der Waals surface area contributed by atoms with Gasteiger partial charge in [0.15, 0.2) is 11.5 Å². The van der Waals surface area contributed by atoms with Gasteiger partial charge in [0, 0.05) is 0 Å². The first kappa shape index (κ1) is 11.3. The van der Waals surface area contributed by atoms with Crippen molar-refractivity contribution in [1.29, 1.82) is 0 Å². The molecule has 1 atom stereocenters. The molecular weight excluding hydrogens is 202 g/mol. The monoisotopic (exact) mass is 213 g/mol. The summed E-state index contributed by atoms with van der Waals surface area (Å²) in [6.45, 7) is 1.40. The molecule has 0 spiro atoms. The van der Waals surface area contributed by atoms with Crippen molar-refractivity contribution < 1.29 is 19.9 Å². The van der Waals surface area contributed by atoms with E-state index in [2.05, 4.69) is 0 Å². The molecule has 0 fully saturated rings. The first-order valence-electron chi connectivity index (χ1n) is 4.20. The first-order valence-corrected chi connectivity index (χ1v) is 4.20. The lowest BCUT2D eigenvalue weighted by Crippen LogP contribution is -2.00. The standard InChI is InChI=1S/C9H11NO5/c1-5(11)6-3-9(15-2)8(12)4-7(6)10(13)14/h3-5,11-12H,1-2H3. The normalized spacial score (nSPS) is 12.2. The summed E-state index contributed by atoms with van der Waals surface area (Å²) < 4.78 is 4.79. The Hall–Kier alpha value is -1.82. The maximum atomic E-state index is 10.6. The van der Waals surface area contributed by atoms with Crippen molar-refractivity contribution in [2.75, 3.05) is 7.11 Å². The van der Waals surface area contributed by atoms with Crippen molar-refractivity contribution in [3.05, 3.63) is 27.8 Å². The molecule has 0 bridgehead atoms. The number of aliphatic hydroxyl groups is 1. The van der Waals surface area contributed by atoms with Crippen LogP contribution in [0.15, 0.2) is 12.1 Å². The van der Waals surface area contributed by atoms with E-state index in [1.165, 1.54) is 20.1 Å². The van der Waals surface area contributed by atoms with Crippen molar-refractivity contribution in [2.45, 2.75) is 13.0 Å². The van der Waals surface area contributed by atoms with Crippen LogP contribution in [-0.4, -0.2) is 22.2 Å². The molecule has 1 aromatic rings. The minimum atomic E-state index is -1.00. The summed E-state index contributed by atoms with van der Waals surface area (Å²) in [5, 5.41) is 29.3.